The molecule has 180 valence electrons. The first-order valence-electron chi connectivity index (χ1n) is 12.1. The first-order chi connectivity index (χ1) is 16.5. The molecule has 2 heterocycles. The van der Waals surface area contributed by atoms with Crippen LogP contribution in [0, 0.1) is 12.8 Å². The molecule has 1 aromatic heterocycles. The molecular formula is C27H33ClN4O2. The van der Waals surface area contributed by atoms with Gasteiger partial charge in [-0.15, -0.1) is 0 Å². The van der Waals surface area contributed by atoms with Crippen LogP contribution in [0.25, 0.3) is 11.5 Å². The lowest BCUT2D eigenvalue weighted by molar-refractivity contribution is -0.126. The average Bonchev–Trinajstić information content (AvgIpc) is 3.22. The third-order valence-electron chi connectivity index (χ3n) is 6.42. The van der Waals surface area contributed by atoms with Gasteiger partial charge in [0.05, 0.1) is 11.6 Å². The molecule has 1 fully saturated rings. The number of para-hydroxylation sites is 1. The minimum atomic E-state index is 0.00324. The van der Waals surface area contributed by atoms with Gasteiger partial charge in [-0.25, -0.2) is 4.98 Å². The second-order valence-electron chi connectivity index (χ2n) is 8.81. The van der Waals surface area contributed by atoms with E-state index in [2.05, 4.69) is 34.2 Å². The lowest BCUT2D eigenvalue weighted by Gasteiger charge is -2.31. The van der Waals surface area contributed by atoms with E-state index in [4.69, 9.17) is 21.0 Å². The van der Waals surface area contributed by atoms with E-state index >= 15 is 0 Å². The molecule has 4 rings (SSSR count). The number of carbonyl (C=O) groups is 1. The van der Waals surface area contributed by atoms with E-state index in [1.54, 1.807) is 0 Å². The maximum absolute atomic E-state index is 12.9. The Morgan fingerprint density at radius 3 is 2.71 bits per heavy atom. The quantitative estimate of drug-likeness (QED) is 0.458. The summed E-state index contributed by atoms with van der Waals surface area (Å²) in [6.45, 7) is 8.82. The van der Waals surface area contributed by atoms with Gasteiger partial charge in [0, 0.05) is 49.0 Å². The number of rotatable bonds is 9. The van der Waals surface area contributed by atoms with Gasteiger partial charge < -0.3 is 14.6 Å². The van der Waals surface area contributed by atoms with E-state index in [0.717, 1.165) is 56.0 Å². The van der Waals surface area contributed by atoms with Gasteiger partial charge in [-0.1, -0.05) is 29.8 Å². The van der Waals surface area contributed by atoms with Crippen molar-refractivity contribution < 1.29 is 9.21 Å². The second kappa shape index (κ2) is 11.5. The molecule has 0 saturated carbocycles. The molecule has 1 amide bonds. The number of halogens is 1. The highest BCUT2D eigenvalue weighted by atomic mass is 35.5. The highest BCUT2D eigenvalue weighted by Crippen LogP contribution is 2.25. The van der Waals surface area contributed by atoms with Crippen LogP contribution in [0.5, 0.6) is 0 Å². The van der Waals surface area contributed by atoms with Gasteiger partial charge in [-0.2, -0.15) is 0 Å². The van der Waals surface area contributed by atoms with Gasteiger partial charge in [0.25, 0.3) is 0 Å². The molecule has 2 aromatic carbocycles. The fourth-order valence-corrected chi connectivity index (χ4v) is 4.61. The number of aromatic nitrogens is 1. The average molecular weight is 481 g/mol. The van der Waals surface area contributed by atoms with Crippen molar-refractivity contribution in [3.63, 3.8) is 0 Å². The number of hydrogen-bond donors (Lipinski definition) is 1. The number of anilines is 1. The predicted octanol–water partition coefficient (Wildman–Crippen LogP) is 5.16. The Labute approximate surface area is 206 Å². The van der Waals surface area contributed by atoms with E-state index in [-0.39, 0.29) is 11.8 Å². The van der Waals surface area contributed by atoms with Crippen molar-refractivity contribution in [2.24, 2.45) is 5.92 Å². The molecule has 0 bridgehead atoms. The van der Waals surface area contributed by atoms with Crippen LogP contribution in [-0.2, 0) is 11.3 Å². The van der Waals surface area contributed by atoms with Crippen molar-refractivity contribution in [2.75, 3.05) is 37.6 Å². The van der Waals surface area contributed by atoms with E-state index < -0.39 is 0 Å². The van der Waals surface area contributed by atoms with Crippen LogP contribution in [0.1, 0.15) is 31.2 Å². The summed E-state index contributed by atoms with van der Waals surface area (Å²) in [5, 5.41) is 3.85. The number of hydrogen-bond acceptors (Lipinski definition) is 5. The molecular weight excluding hydrogens is 448 g/mol. The van der Waals surface area contributed by atoms with Crippen molar-refractivity contribution in [1.82, 2.24) is 15.2 Å². The van der Waals surface area contributed by atoms with Crippen LogP contribution in [0.4, 0.5) is 5.69 Å². The number of likely N-dealkylation sites (tertiary alicyclic amines) is 1. The Morgan fingerprint density at radius 1 is 1.21 bits per heavy atom. The Bertz CT molecular complexity index is 1070. The Morgan fingerprint density at radius 2 is 1.97 bits per heavy atom. The molecule has 3 aromatic rings. The summed E-state index contributed by atoms with van der Waals surface area (Å²) in [7, 11) is 0. The lowest BCUT2D eigenvalue weighted by atomic mass is 9.97. The summed E-state index contributed by atoms with van der Waals surface area (Å²) in [5.41, 5.74) is 3.02. The minimum absolute atomic E-state index is 0.00324. The number of benzene rings is 2. The monoisotopic (exact) mass is 480 g/mol. The lowest BCUT2D eigenvalue weighted by Crippen LogP contribution is -2.44. The fraction of sp³-hybridized carbons (Fsp3) is 0.407. The summed E-state index contributed by atoms with van der Waals surface area (Å²) < 4.78 is 5.91. The van der Waals surface area contributed by atoms with Gasteiger partial charge >= 0.3 is 0 Å². The number of aryl methyl sites for hydroxylation is 1. The summed E-state index contributed by atoms with van der Waals surface area (Å²) in [5.74, 6) is 1.57. The largest absolute Gasteiger partial charge is 0.441 e. The van der Waals surface area contributed by atoms with E-state index in [1.165, 1.54) is 5.69 Å². The van der Waals surface area contributed by atoms with Crippen molar-refractivity contribution >= 4 is 23.2 Å². The first-order valence-corrected chi connectivity index (χ1v) is 12.4. The maximum Gasteiger partial charge on any atom is 0.226 e. The zero-order valence-electron chi connectivity index (χ0n) is 20.0. The van der Waals surface area contributed by atoms with Crippen LogP contribution in [-0.4, -0.2) is 48.5 Å². The number of carbonyl (C=O) groups excluding carboxylic acids is 1. The molecule has 1 unspecified atom stereocenters. The van der Waals surface area contributed by atoms with E-state index in [1.807, 2.05) is 49.4 Å². The number of piperidine rings is 1. The SMILES string of the molecule is CCN(CCNC(=O)C1CCCN(Cc2nc(-c3ccc(Cl)cc3)oc2C)C1)c1ccccc1. The predicted molar refractivity (Wildman–Crippen MR) is 137 cm³/mol. The van der Waals surface area contributed by atoms with Crippen LogP contribution in [0.3, 0.4) is 0 Å². The normalized spacial score (nSPS) is 16.4. The minimum Gasteiger partial charge on any atom is -0.441 e. The topological polar surface area (TPSA) is 61.6 Å². The number of nitrogens with one attached hydrogen (secondary N) is 1. The molecule has 0 spiro atoms. The molecule has 7 heteroatoms. The number of oxazole rings is 1. The maximum atomic E-state index is 12.9. The molecule has 1 aliphatic rings. The van der Waals surface area contributed by atoms with Gasteiger partial charge in [0.2, 0.25) is 11.8 Å². The molecule has 34 heavy (non-hydrogen) atoms. The van der Waals surface area contributed by atoms with Gasteiger partial charge in [-0.05, 0) is 69.6 Å². The molecule has 6 nitrogen and oxygen atoms in total. The van der Waals surface area contributed by atoms with Crippen LogP contribution >= 0.6 is 11.6 Å². The van der Waals surface area contributed by atoms with Gasteiger partial charge in [0.1, 0.15) is 5.76 Å². The highest BCUT2D eigenvalue weighted by Gasteiger charge is 2.27. The summed E-state index contributed by atoms with van der Waals surface area (Å²) in [6, 6.07) is 17.8. The fourth-order valence-electron chi connectivity index (χ4n) is 4.48. The third-order valence-corrected chi connectivity index (χ3v) is 6.67. The van der Waals surface area contributed by atoms with Crippen molar-refractivity contribution in [3.05, 3.63) is 71.1 Å². The highest BCUT2D eigenvalue weighted by molar-refractivity contribution is 6.30. The van der Waals surface area contributed by atoms with E-state index in [9.17, 15) is 4.79 Å². The molecule has 1 saturated heterocycles. The van der Waals surface area contributed by atoms with Crippen LogP contribution in [0.15, 0.2) is 59.0 Å². The number of nitrogens with zero attached hydrogens (tertiary/aromatic N) is 3. The Balaban J connectivity index is 1.29. The van der Waals surface area contributed by atoms with Crippen molar-refractivity contribution in [1.29, 1.82) is 0 Å². The molecule has 1 aliphatic heterocycles. The molecule has 1 N–H and O–H groups in total. The second-order valence-corrected chi connectivity index (χ2v) is 9.25. The van der Waals surface area contributed by atoms with Gasteiger partial charge in [-0.3, -0.25) is 9.69 Å². The molecule has 1 atom stereocenters. The molecule has 0 radical (unpaired) electrons. The zero-order chi connectivity index (χ0) is 23.9. The van der Waals surface area contributed by atoms with Crippen LogP contribution in [0.2, 0.25) is 5.02 Å². The Hall–Kier alpha value is -2.83. The summed E-state index contributed by atoms with van der Waals surface area (Å²) in [6.07, 6.45) is 1.93. The van der Waals surface area contributed by atoms with Crippen molar-refractivity contribution in [3.8, 4) is 11.5 Å². The standard InChI is InChI=1S/C27H33ClN4O2/c1-3-32(24-9-5-4-6-10-24)17-15-29-26(33)22-8-7-16-31(18-22)19-25-20(2)34-27(30-25)21-11-13-23(28)14-12-21/h4-6,9-14,22H,3,7-8,15-19H2,1-2H3,(H,29,33). The number of amides is 1. The Kier molecular flexibility index (Phi) is 8.25. The smallest absolute Gasteiger partial charge is 0.226 e. The third kappa shape index (κ3) is 6.19. The van der Waals surface area contributed by atoms with Gasteiger partial charge in [0.15, 0.2) is 0 Å². The summed E-state index contributed by atoms with van der Waals surface area (Å²) >= 11 is 5.99. The van der Waals surface area contributed by atoms with Crippen molar-refractivity contribution in [2.45, 2.75) is 33.2 Å². The van der Waals surface area contributed by atoms with E-state index in [0.29, 0.717) is 24.0 Å². The summed E-state index contributed by atoms with van der Waals surface area (Å²) in [4.78, 5) is 22.2. The first kappa shape index (κ1) is 24.3. The number of likely N-dealkylation sites (N-methyl/N-ethyl adjacent to an activating group) is 1. The molecule has 0 aliphatic carbocycles. The van der Waals surface area contributed by atoms with Crippen LogP contribution < -0.4 is 10.2 Å². The zero-order valence-corrected chi connectivity index (χ0v) is 20.7.